The molecule has 1 aliphatic carbocycles. The molecule has 0 radical (unpaired) electrons. The Morgan fingerprint density at radius 2 is 1.72 bits per heavy atom. The second-order valence-corrected chi connectivity index (χ2v) is 6.21. The number of hydrogen-bond acceptors (Lipinski definition) is 5. The van der Waals surface area contributed by atoms with Gasteiger partial charge in [-0.05, 0) is 37.1 Å². The first kappa shape index (κ1) is 19.0. The number of esters is 1. The largest absolute Gasteiger partial charge is 0.497 e. The van der Waals surface area contributed by atoms with Crippen molar-refractivity contribution in [3.8, 4) is 5.75 Å². The normalized spacial score (nSPS) is 14.6. The summed E-state index contributed by atoms with van der Waals surface area (Å²) in [4.78, 5) is 35.5. The van der Waals surface area contributed by atoms with Crippen LogP contribution in [0.1, 0.15) is 55.3 Å². The standard InChI is InChI=1S/C19H25NO5/c1-24-16-9-7-14(8-10-16)17(21)13-25-19(23)12-11-18(22)20-15-5-3-2-4-6-15/h7-10,15H,2-6,11-13H2,1H3,(H,20,22). The molecule has 1 N–H and O–H groups in total. The van der Waals surface area contributed by atoms with Gasteiger partial charge >= 0.3 is 5.97 Å². The van der Waals surface area contributed by atoms with Crippen molar-refractivity contribution >= 4 is 17.7 Å². The Morgan fingerprint density at radius 3 is 2.36 bits per heavy atom. The van der Waals surface area contributed by atoms with E-state index in [2.05, 4.69) is 5.32 Å². The maximum Gasteiger partial charge on any atom is 0.306 e. The lowest BCUT2D eigenvalue weighted by Gasteiger charge is -2.22. The van der Waals surface area contributed by atoms with E-state index in [1.54, 1.807) is 31.4 Å². The van der Waals surface area contributed by atoms with Crippen LogP contribution in [-0.4, -0.2) is 37.4 Å². The highest BCUT2D eigenvalue weighted by Gasteiger charge is 2.17. The molecule has 1 saturated carbocycles. The van der Waals surface area contributed by atoms with Gasteiger partial charge in [0.05, 0.1) is 13.5 Å². The molecule has 0 bridgehead atoms. The van der Waals surface area contributed by atoms with Gasteiger partial charge in [-0.15, -0.1) is 0 Å². The van der Waals surface area contributed by atoms with Crippen LogP contribution < -0.4 is 10.1 Å². The minimum atomic E-state index is -0.541. The number of carbonyl (C=O) groups is 3. The lowest BCUT2D eigenvalue weighted by Crippen LogP contribution is -2.36. The monoisotopic (exact) mass is 347 g/mol. The third kappa shape index (κ3) is 6.57. The lowest BCUT2D eigenvalue weighted by molar-refractivity contribution is -0.144. The molecule has 0 spiro atoms. The van der Waals surface area contributed by atoms with Crippen LogP contribution in [0, 0.1) is 0 Å². The molecule has 1 aliphatic rings. The molecule has 6 heteroatoms. The van der Waals surface area contributed by atoms with Crippen molar-refractivity contribution in [2.75, 3.05) is 13.7 Å². The molecule has 0 aliphatic heterocycles. The molecule has 136 valence electrons. The zero-order chi connectivity index (χ0) is 18.1. The van der Waals surface area contributed by atoms with Crippen molar-refractivity contribution in [1.29, 1.82) is 0 Å². The second-order valence-electron chi connectivity index (χ2n) is 6.21. The van der Waals surface area contributed by atoms with Crippen LogP contribution in [0.2, 0.25) is 0 Å². The van der Waals surface area contributed by atoms with Crippen molar-refractivity contribution in [3.05, 3.63) is 29.8 Å². The number of benzene rings is 1. The summed E-state index contributed by atoms with van der Waals surface area (Å²) in [5.74, 6) is -0.314. The van der Waals surface area contributed by atoms with Crippen molar-refractivity contribution in [1.82, 2.24) is 5.32 Å². The number of amides is 1. The first-order valence-electron chi connectivity index (χ1n) is 8.70. The summed E-state index contributed by atoms with van der Waals surface area (Å²) < 4.78 is 9.98. The number of methoxy groups -OCH3 is 1. The summed E-state index contributed by atoms with van der Waals surface area (Å²) in [5.41, 5.74) is 0.448. The summed E-state index contributed by atoms with van der Waals surface area (Å²) >= 11 is 0. The third-order valence-corrected chi connectivity index (χ3v) is 4.30. The molecule has 25 heavy (non-hydrogen) atoms. The zero-order valence-corrected chi connectivity index (χ0v) is 14.6. The molecule has 0 atom stereocenters. The number of ketones is 1. The van der Waals surface area contributed by atoms with Crippen LogP contribution in [0.25, 0.3) is 0 Å². The van der Waals surface area contributed by atoms with Gasteiger partial charge in [-0.2, -0.15) is 0 Å². The summed E-state index contributed by atoms with van der Waals surface area (Å²) in [6, 6.07) is 6.81. The van der Waals surface area contributed by atoms with Gasteiger partial charge < -0.3 is 14.8 Å². The predicted molar refractivity (Wildman–Crippen MR) is 92.5 cm³/mol. The average molecular weight is 347 g/mol. The topological polar surface area (TPSA) is 81.7 Å². The minimum absolute atomic E-state index is 0.0194. The Bertz CT molecular complexity index is 590. The molecule has 2 rings (SSSR count). The van der Waals surface area contributed by atoms with Crippen LogP contribution in [-0.2, 0) is 14.3 Å². The number of Topliss-reactive ketones (excluding diaryl/α,β-unsaturated/α-hetero) is 1. The average Bonchev–Trinajstić information content (AvgIpc) is 2.65. The molecular weight excluding hydrogens is 322 g/mol. The third-order valence-electron chi connectivity index (χ3n) is 4.30. The van der Waals surface area contributed by atoms with E-state index in [4.69, 9.17) is 9.47 Å². The first-order chi connectivity index (χ1) is 12.1. The van der Waals surface area contributed by atoms with E-state index in [0.29, 0.717) is 11.3 Å². The molecule has 6 nitrogen and oxygen atoms in total. The van der Waals surface area contributed by atoms with E-state index in [9.17, 15) is 14.4 Å². The molecule has 0 saturated heterocycles. The summed E-state index contributed by atoms with van der Waals surface area (Å²) in [7, 11) is 1.54. The van der Waals surface area contributed by atoms with Crippen LogP contribution in [0.5, 0.6) is 5.75 Å². The van der Waals surface area contributed by atoms with Crippen molar-refractivity contribution in [2.24, 2.45) is 0 Å². The van der Waals surface area contributed by atoms with Gasteiger partial charge in [0.1, 0.15) is 5.75 Å². The van der Waals surface area contributed by atoms with Gasteiger partial charge in [-0.25, -0.2) is 0 Å². The SMILES string of the molecule is COc1ccc(C(=O)COC(=O)CCC(=O)NC2CCCCC2)cc1. The summed E-state index contributed by atoms with van der Waals surface area (Å²) in [6.07, 6.45) is 5.58. The van der Waals surface area contributed by atoms with Gasteiger partial charge in [-0.1, -0.05) is 19.3 Å². The van der Waals surface area contributed by atoms with Crippen LogP contribution in [0.15, 0.2) is 24.3 Å². The Morgan fingerprint density at radius 1 is 1.04 bits per heavy atom. The van der Waals surface area contributed by atoms with Gasteiger partial charge in [0.15, 0.2) is 12.4 Å². The quantitative estimate of drug-likeness (QED) is 0.577. The first-order valence-corrected chi connectivity index (χ1v) is 8.70. The highest BCUT2D eigenvalue weighted by atomic mass is 16.5. The number of ether oxygens (including phenoxy) is 2. The van der Waals surface area contributed by atoms with Crippen LogP contribution >= 0.6 is 0 Å². The van der Waals surface area contributed by atoms with Crippen LogP contribution in [0.4, 0.5) is 0 Å². The zero-order valence-electron chi connectivity index (χ0n) is 14.6. The van der Waals surface area contributed by atoms with Crippen LogP contribution in [0.3, 0.4) is 0 Å². The fourth-order valence-corrected chi connectivity index (χ4v) is 2.84. The van der Waals surface area contributed by atoms with Gasteiger partial charge in [0.2, 0.25) is 5.91 Å². The van der Waals surface area contributed by atoms with E-state index in [-0.39, 0.29) is 37.2 Å². The molecule has 1 amide bonds. The van der Waals surface area contributed by atoms with E-state index in [0.717, 1.165) is 25.7 Å². The summed E-state index contributed by atoms with van der Waals surface area (Å²) in [6.45, 7) is -0.324. The molecular formula is C19H25NO5. The van der Waals surface area contributed by atoms with Gasteiger partial charge in [0.25, 0.3) is 0 Å². The molecule has 0 aromatic heterocycles. The molecule has 1 aromatic rings. The van der Waals surface area contributed by atoms with E-state index >= 15 is 0 Å². The molecule has 0 heterocycles. The minimum Gasteiger partial charge on any atom is -0.497 e. The predicted octanol–water partition coefficient (Wildman–Crippen LogP) is 2.65. The van der Waals surface area contributed by atoms with Crippen molar-refractivity contribution in [2.45, 2.75) is 51.0 Å². The fraction of sp³-hybridized carbons (Fsp3) is 0.526. The molecule has 1 aromatic carbocycles. The Balaban J connectivity index is 1.65. The number of rotatable bonds is 8. The van der Waals surface area contributed by atoms with Gasteiger partial charge in [-0.3, -0.25) is 14.4 Å². The lowest BCUT2D eigenvalue weighted by atomic mass is 9.95. The smallest absolute Gasteiger partial charge is 0.306 e. The maximum atomic E-state index is 12.0. The molecule has 1 fully saturated rings. The number of nitrogens with one attached hydrogen (secondary N) is 1. The maximum absolute atomic E-state index is 12.0. The van der Waals surface area contributed by atoms with E-state index in [1.807, 2.05) is 0 Å². The van der Waals surface area contributed by atoms with Gasteiger partial charge in [0, 0.05) is 18.0 Å². The van der Waals surface area contributed by atoms with E-state index in [1.165, 1.54) is 6.42 Å². The summed E-state index contributed by atoms with van der Waals surface area (Å²) in [5, 5.41) is 2.95. The second kappa shape index (κ2) is 9.81. The molecule has 0 unspecified atom stereocenters. The highest BCUT2D eigenvalue weighted by Crippen LogP contribution is 2.17. The Labute approximate surface area is 147 Å². The Hall–Kier alpha value is -2.37. The van der Waals surface area contributed by atoms with Crippen molar-refractivity contribution < 1.29 is 23.9 Å². The number of carbonyl (C=O) groups excluding carboxylic acids is 3. The fourth-order valence-electron chi connectivity index (χ4n) is 2.84. The highest BCUT2D eigenvalue weighted by molar-refractivity contribution is 5.98. The van der Waals surface area contributed by atoms with E-state index < -0.39 is 5.97 Å². The Kier molecular flexibility index (Phi) is 7.44. The number of hydrogen-bond donors (Lipinski definition) is 1. The van der Waals surface area contributed by atoms with Crippen molar-refractivity contribution in [3.63, 3.8) is 0 Å².